The van der Waals surface area contributed by atoms with E-state index in [0.717, 1.165) is 17.7 Å². The Labute approximate surface area is 168 Å². The number of thiocarbonyl (C=S) groups is 1. The lowest BCUT2D eigenvalue weighted by Crippen LogP contribution is -2.31. The van der Waals surface area contributed by atoms with Crippen LogP contribution in [0.15, 0.2) is 41.5 Å². The summed E-state index contributed by atoms with van der Waals surface area (Å²) < 4.78 is 11.2. The molecule has 0 saturated carbocycles. The molecule has 5 nitrogen and oxygen atoms in total. The van der Waals surface area contributed by atoms with Gasteiger partial charge in [0.2, 0.25) is 0 Å². The van der Waals surface area contributed by atoms with Crippen molar-refractivity contribution in [1.82, 2.24) is 10.7 Å². The molecule has 0 aliphatic heterocycles. The van der Waals surface area contributed by atoms with E-state index in [9.17, 15) is 0 Å². The first-order valence-corrected chi connectivity index (χ1v) is 9.01. The molecular weight excluding hydrogens is 393 g/mol. The average Bonchev–Trinajstić information content (AvgIpc) is 2.62. The summed E-state index contributed by atoms with van der Waals surface area (Å²) in [5.74, 6) is 0.986. The van der Waals surface area contributed by atoms with Crippen LogP contribution in [0, 0.1) is 0 Å². The van der Waals surface area contributed by atoms with Crippen LogP contribution in [0.4, 0.5) is 0 Å². The molecule has 2 aromatic rings. The number of benzene rings is 2. The van der Waals surface area contributed by atoms with Gasteiger partial charge in [0, 0.05) is 11.6 Å². The number of nitrogens with zero attached hydrogens (tertiary/aromatic N) is 1. The molecule has 0 aromatic heterocycles. The van der Waals surface area contributed by atoms with Crippen molar-refractivity contribution in [2.75, 3.05) is 13.7 Å². The summed E-state index contributed by atoms with van der Waals surface area (Å²) in [7, 11) is 1.56. The lowest BCUT2D eigenvalue weighted by molar-refractivity contribution is 0.284. The molecule has 0 radical (unpaired) electrons. The second-order valence-electron chi connectivity index (χ2n) is 5.18. The fraction of sp³-hybridized carbons (Fsp3) is 0.222. The molecule has 0 aliphatic rings. The highest BCUT2D eigenvalue weighted by Crippen LogP contribution is 2.36. The van der Waals surface area contributed by atoms with Crippen LogP contribution < -0.4 is 20.2 Å². The van der Waals surface area contributed by atoms with Crippen molar-refractivity contribution < 1.29 is 9.47 Å². The summed E-state index contributed by atoms with van der Waals surface area (Å²) >= 11 is 17.3. The number of ether oxygens (including phenoxy) is 2. The summed E-state index contributed by atoms with van der Waals surface area (Å²) in [4.78, 5) is 0. The van der Waals surface area contributed by atoms with Crippen molar-refractivity contribution in [1.29, 1.82) is 0 Å². The maximum Gasteiger partial charge on any atom is 0.186 e. The van der Waals surface area contributed by atoms with Gasteiger partial charge in [-0.05, 0) is 54.5 Å². The highest BCUT2D eigenvalue weighted by molar-refractivity contribution is 7.80. The number of halogens is 2. The number of hydrazone groups is 1. The predicted molar refractivity (Wildman–Crippen MR) is 111 cm³/mol. The minimum Gasteiger partial charge on any atom is -0.493 e. The highest BCUT2D eigenvalue weighted by Gasteiger charge is 2.12. The Hall–Kier alpha value is -2.02. The van der Waals surface area contributed by atoms with E-state index in [1.54, 1.807) is 25.5 Å². The zero-order chi connectivity index (χ0) is 18.9. The number of hydrogen-bond donors (Lipinski definition) is 2. The summed E-state index contributed by atoms with van der Waals surface area (Å²) in [6, 6.07) is 10.9. The maximum absolute atomic E-state index is 6.35. The van der Waals surface area contributed by atoms with Crippen LogP contribution in [0.5, 0.6) is 11.5 Å². The van der Waals surface area contributed by atoms with Crippen LogP contribution in [0.3, 0.4) is 0 Å². The van der Waals surface area contributed by atoms with Crippen molar-refractivity contribution in [2.45, 2.75) is 13.5 Å². The van der Waals surface area contributed by atoms with Gasteiger partial charge in [-0.25, -0.2) is 0 Å². The fourth-order valence-electron chi connectivity index (χ4n) is 2.06. The van der Waals surface area contributed by atoms with E-state index in [0.29, 0.717) is 33.3 Å². The average molecular weight is 412 g/mol. The summed E-state index contributed by atoms with van der Waals surface area (Å²) in [5, 5.41) is 8.55. The lowest BCUT2D eigenvalue weighted by Gasteiger charge is -2.13. The minimum atomic E-state index is 0.346. The van der Waals surface area contributed by atoms with Gasteiger partial charge >= 0.3 is 0 Å². The standard InChI is InChI=1S/C18H19Cl2N3O2S/c1-3-21-18(26)23-22-10-13-8-15(20)17(16(9-13)24-2)25-11-12-4-6-14(19)7-5-12/h4-10H,3,11H2,1-2H3,(H2,21,23,26)/b22-10-. The van der Waals surface area contributed by atoms with Gasteiger partial charge in [0.1, 0.15) is 6.61 Å². The molecule has 0 fully saturated rings. The Morgan fingerprint density at radius 3 is 2.62 bits per heavy atom. The van der Waals surface area contributed by atoms with Crippen LogP contribution in [-0.4, -0.2) is 25.0 Å². The Morgan fingerprint density at radius 2 is 1.96 bits per heavy atom. The fourth-order valence-corrected chi connectivity index (χ4v) is 2.65. The molecule has 0 aliphatic carbocycles. The van der Waals surface area contributed by atoms with E-state index < -0.39 is 0 Å². The largest absolute Gasteiger partial charge is 0.493 e. The number of rotatable bonds is 7. The Bertz CT molecular complexity index is 783. The van der Waals surface area contributed by atoms with Crippen molar-refractivity contribution in [2.24, 2.45) is 5.10 Å². The van der Waals surface area contributed by atoms with Crippen LogP contribution in [0.25, 0.3) is 0 Å². The summed E-state index contributed by atoms with van der Waals surface area (Å²) in [6.07, 6.45) is 1.60. The molecule has 2 rings (SSSR count). The molecule has 0 unspecified atom stereocenters. The molecule has 0 bridgehead atoms. The lowest BCUT2D eigenvalue weighted by atomic mass is 10.2. The third-order valence-electron chi connectivity index (χ3n) is 3.27. The third kappa shape index (κ3) is 6.05. The van der Waals surface area contributed by atoms with Gasteiger partial charge in [-0.15, -0.1) is 0 Å². The smallest absolute Gasteiger partial charge is 0.186 e. The SMILES string of the molecule is CCNC(=S)N/N=C\c1cc(Cl)c(OCc2ccc(Cl)cc2)c(OC)c1. The van der Waals surface area contributed by atoms with Crippen molar-refractivity contribution >= 4 is 46.7 Å². The summed E-state index contributed by atoms with van der Waals surface area (Å²) in [6.45, 7) is 3.02. The first-order chi connectivity index (χ1) is 12.5. The van der Waals surface area contributed by atoms with Gasteiger partial charge in [-0.2, -0.15) is 5.10 Å². The monoisotopic (exact) mass is 411 g/mol. The highest BCUT2D eigenvalue weighted by atomic mass is 35.5. The molecule has 138 valence electrons. The molecule has 0 atom stereocenters. The Morgan fingerprint density at radius 1 is 1.23 bits per heavy atom. The zero-order valence-corrected chi connectivity index (χ0v) is 16.7. The van der Waals surface area contributed by atoms with Gasteiger partial charge in [0.05, 0.1) is 18.3 Å². The van der Waals surface area contributed by atoms with E-state index in [1.165, 1.54) is 0 Å². The van der Waals surface area contributed by atoms with Gasteiger partial charge < -0.3 is 14.8 Å². The molecule has 0 saturated heterocycles. The molecular formula is C18H19Cl2N3O2S. The molecule has 0 spiro atoms. The Balaban J connectivity index is 2.09. The van der Waals surface area contributed by atoms with Crippen molar-refractivity contribution in [3.8, 4) is 11.5 Å². The van der Waals surface area contributed by atoms with Gasteiger partial charge in [-0.3, -0.25) is 5.43 Å². The minimum absolute atomic E-state index is 0.346. The molecule has 0 heterocycles. The molecule has 0 amide bonds. The number of nitrogens with one attached hydrogen (secondary N) is 2. The topological polar surface area (TPSA) is 54.9 Å². The van der Waals surface area contributed by atoms with Gasteiger partial charge in [0.15, 0.2) is 16.6 Å². The molecule has 8 heteroatoms. The molecule has 26 heavy (non-hydrogen) atoms. The number of methoxy groups -OCH3 is 1. The van der Waals surface area contributed by atoms with Crippen molar-refractivity contribution in [3.05, 3.63) is 57.6 Å². The molecule has 2 N–H and O–H groups in total. The van der Waals surface area contributed by atoms with E-state index >= 15 is 0 Å². The third-order valence-corrected chi connectivity index (χ3v) is 4.03. The Kier molecular flexibility index (Phi) is 7.97. The number of hydrogen-bond acceptors (Lipinski definition) is 4. The van der Waals surface area contributed by atoms with E-state index in [4.69, 9.17) is 44.9 Å². The zero-order valence-electron chi connectivity index (χ0n) is 14.4. The first kappa shape index (κ1) is 20.3. The second kappa shape index (κ2) is 10.2. The molecule has 2 aromatic carbocycles. The predicted octanol–water partition coefficient (Wildman–Crippen LogP) is 4.40. The van der Waals surface area contributed by atoms with E-state index in [2.05, 4.69) is 15.8 Å². The maximum atomic E-state index is 6.35. The normalized spacial score (nSPS) is 10.6. The van der Waals surface area contributed by atoms with Gasteiger partial charge in [0.25, 0.3) is 0 Å². The summed E-state index contributed by atoms with van der Waals surface area (Å²) in [5.41, 5.74) is 4.44. The van der Waals surface area contributed by atoms with Crippen LogP contribution in [0.2, 0.25) is 10.0 Å². The van der Waals surface area contributed by atoms with Crippen LogP contribution in [-0.2, 0) is 6.61 Å². The second-order valence-corrected chi connectivity index (χ2v) is 6.43. The quantitative estimate of drug-likeness (QED) is 0.401. The van der Waals surface area contributed by atoms with E-state index in [-0.39, 0.29) is 0 Å². The van der Waals surface area contributed by atoms with Crippen LogP contribution >= 0.6 is 35.4 Å². The van der Waals surface area contributed by atoms with E-state index in [1.807, 2.05) is 31.2 Å². The first-order valence-electron chi connectivity index (χ1n) is 7.85. The van der Waals surface area contributed by atoms with Crippen LogP contribution in [0.1, 0.15) is 18.1 Å². The van der Waals surface area contributed by atoms with Gasteiger partial charge in [-0.1, -0.05) is 35.3 Å². The van der Waals surface area contributed by atoms with Crippen molar-refractivity contribution in [3.63, 3.8) is 0 Å².